The van der Waals surface area contributed by atoms with Crippen molar-refractivity contribution in [2.24, 2.45) is 0 Å². The molecular formula is C10H10N4O2. The van der Waals surface area contributed by atoms with E-state index in [1.54, 1.807) is 24.4 Å². The summed E-state index contributed by atoms with van der Waals surface area (Å²) in [4.78, 5) is 16.7. The van der Waals surface area contributed by atoms with Gasteiger partial charge in [0.2, 0.25) is 0 Å². The standard InChI is InChI=1S/C5H4N2O2.C5H6N2/c8-7(9)5-3-1-2-4-6-5;6-5-3-1-2-4-7-5/h1-4H;1-4H,(H2,6,7). The van der Waals surface area contributed by atoms with Gasteiger partial charge in [-0.1, -0.05) is 12.1 Å². The Labute approximate surface area is 91.9 Å². The van der Waals surface area contributed by atoms with Crippen molar-refractivity contribution in [3.63, 3.8) is 0 Å². The van der Waals surface area contributed by atoms with Crippen molar-refractivity contribution in [2.45, 2.75) is 0 Å². The smallest absolute Gasteiger partial charge is 0.363 e. The van der Waals surface area contributed by atoms with Crippen molar-refractivity contribution in [1.82, 2.24) is 9.97 Å². The van der Waals surface area contributed by atoms with Gasteiger partial charge in [-0.05, 0) is 28.1 Å². The molecule has 0 atom stereocenters. The molecule has 0 amide bonds. The molecule has 0 radical (unpaired) electrons. The Morgan fingerprint density at radius 2 is 1.69 bits per heavy atom. The minimum Gasteiger partial charge on any atom is -0.384 e. The van der Waals surface area contributed by atoms with Gasteiger partial charge >= 0.3 is 5.82 Å². The molecule has 0 aliphatic carbocycles. The van der Waals surface area contributed by atoms with E-state index in [1.165, 1.54) is 12.3 Å². The maximum absolute atomic E-state index is 9.94. The highest BCUT2D eigenvalue weighted by Crippen LogP contribution is 2.01. The molecule has 6 heteroatoms. The molecule has 2 aromatic heterocycles. The number of nitrogens with two attached hydrogens (primary N) is 1. The second-order valence-electron chi connectivity index (χ2n) is 2.70. The Balaban J connectivity index is 0.000000165. The number of anilines is 1. The fraction of sp³-hybridized carbons (Fsp3) is 0. The third-order valence-electron chi connectivity index (χ3n) is 1.52. The van der Waals surface area contributed by atoms with Crippen LogP contribution in [0.5, 0.6) is 0 Å². The number of aromatic nitrogens is 2. The second-order valence-corrected chi connectivity index (χ2v) is 2.70. The molecule has 0 spiro atoms. The average Bonchev–Trinajstić information content (AvgIpc) is 2.32. The predicted octanol–water partition coefficient (Wildman–Crippen LogP) is 1.65. The molecule has 0 saturated heterocycles. The number of nitrogen functional groups attached to an aromatic ring is 1. The molecule has 0 bridgehead atoms. The Kier molecular flexibility index (Phi) is 4.39. The van der Waals surface area contributed by atoms with Crippen LogP contribution in [0.4, 0.5) is 11.6 Å². The summed E-state index contributed by atoms with van der Waals surface area (Å²) < 4.78 is 0. The van der Waals surface area contributed by atoms with Crippen molar-refractivity contribution in [3.8, 4) is 0 Å². The first-order chi connectivity index (χ1) is 7.70. The van der Waals surface area contributed by atoms with E-state index in [2.05, 4.69) is 9.97 Å². The fourth-order valence-electron chi connectivity index (χ4n) is 0.838. The van der Waals surface area contributed by atoms with Crippen LogP contribution in [0.2, 0.25) is 0 Å². The van der Waals surface area contributed by atoms with Crippen molar-refractivity contribution < 1.29 is 4.92 Å². The third-order valence-corrected chi connectivity index (χ3v) is 1.52. The number of nitro groups is 1. The summed E-state index contributed by atoms with van der Waals surface area (Å²) in [5.41, 5.74) is 5.25. The van der Waals surface area contributed by atoms with Crippen LogP contribution in [0.1, 0.15) is 0 Å². The first-order valence-electron chi connectivity index (χ1n) is 4.42. The van der Waals surface area contributed by atoms with E-state index in [0.29, 0.717) is 5.82 Å². The Morgan fingerprint density at radius 3 is 1.94 bits per heavy atom. The van der Waals surface area contributed by atoms with Gasteiger partial charge in [0.05, 0.1) is 0 Å². The number of hydrogen-bond acceptors (Lipinski definition) is 5. The lowest BCUT2D eigenvalue weighted by atomic mass is 10.5. The van der Waals surface area contributed by atoms with Gasteiger partial charge in [0.25, 0.3) is 0 Å². The lowest BCUT2D eigenvalue weighted by Gasteiger charge is -1.86. The third kappa shape index (κ3) is 4.14. The molecule has 82 valence electrons. The van der Waals surface area contributed by atoms with Crippen LogP contribution >= 0.6 is 0 Å². The molecule has 16 heavy (non-hydrogen) atoms. The van der Waals surface area contributed by atoms with Gasteiger partial charge in [-0.3, -0.25) is 0 Å². The highest BCUT2D eigenvalue weighted by Gasteiger charge is 2.00. The Morgan fingerprint density at radius 1 is 1.06 bits per heavy atom. The van der Waals surface area contributed by atoms with E-state index in [4.69, 9.17) is 5.73 Å². The van der Waals surface area contributed by atoms with Crippen LogP contribution in [0.25, 0.3) is 0 Å². The monoisotopic (exact) mass is 218 g/mol. The molecule has 2 N–H and O–H groups in total. The molecule has 0 aliphatic rings. The molecular weight excluding hydrogens is 208 g/mol. The molecule has 0 unspecified atom stereocenters. The molecule has 2 aromatic rings. The zero-order valence-electron chi connectivity index (χ0n) is 8.35. The van der Waals surface area contributed by atoms with E-state index in [1.807, 2.05) is 12.1 Å². The SMILES string of the molecule is Nc1ccccn1.O=[N+]([O-])c1ccccn1. The second kappa shape index (κ2) is 6.07. The summed E-state index contributed by atoms with van der Waals surface area (Å²) in [5, 5.41) is 9.94. The average molecular weight is 218 g/mol. The Hall–Kier alpha value is -2.50. The van der Waals surface area contributed by atoms with Gasteiger partial charge < -0.3 is 15.8 Å². The minimum absolute atomic E-state index is 0.113. The van der Waals surface area contributed by atoms with Gasteiger partial charge in [0.15, 0.2) is 0 Å². The molecule has 2 heterocycles. The van der Waals surface area contributed by atoms with E-state index < -0.39 is 4.92 Å². The van der Waals surface area contributed by atoms with Crippen LogP contribution in [0.3, 0.4) is 0 Å². The van der Waals surface area contributed by atoms with Crippen molar-refractivity contribution in [3.05, 3.63) is 58.9 Å². The van der Waals surface area contributed by atoms with Crippen molar-refractivity contribution in [2.75, 3.05) is 5.73 Å². The zero-order valence-corrected chi connectivity index (χ0v) is 8.35. The normalized spacial score (nSPS) is 8.75. The lowest BCUT2D eigenvalue weighted by molar-refractivity contribution is -0.389. The van der Waals surface area contributed by atoms with Crippen LogP contribution in [0.15, 0.2) is 48.8 Å². The first-order valence-corrected chi connectivity index (χ1v) is 4.42. The molecule has 0 aliphatic heterocycles. The quantitative estimate of drug-likeness (QED) is 0.580. The highest BCUT2D eigenvalue weighted by molar-refractivity contribution is 5.25. The van der Waals surface area contributed by atoms with E-state index in [0.717, 1.165) is 0 Å². The topological polar surface area (TPSA) is 94.9 Å². The molecule has 6 nitrogen and oxygen atoms in total. The number of hydrogen-bond donors (Lipinski definition) is 1. The van der Waals surface area contributed by atoms with Crippen LogP contribution < -0.4 is 5.73 Å². The molecule has 2 rings (SSSR count). The van der Waals surface area contributed by atoms with Crippen molar-refractivity contribution in [1.29, 1.82) is 0 Å². The van der Waals surface area contributed by atoms with Gasteiger partial charge in [0, 0.05) is 12.3 Å². The summed E-state index contributed by atoms with van der Waals surface area (Å²) in [6, 6.07) is 9.98. The highest BCUT2D eigenvalue weighted by atomic mass is 16.6. The largest absolute Gasteiger partial charge is 0.384 e. The predicted molar refractivity (Wildman–Crippen MR) is 59.5 cm³/mol. The van der Waals surface area contributed by atoms with Crippen molar-refractivity contribution >= 4 is 11.6 Å². The Bertz CT molecular complexity index is 433. The van der Waals surface area contributed by atoms with Crippen LogP contribution in [0, 0.1) is 10.1 Å². The van der Waals surface area contributed by atoms with Gasteiger partial charge in [-0.25, -0.2) is 4.98 Å². The van der Waals surface area contributed by atoms with E-state index in [9.17, 15) is 10.1 Å². The summed E-state index contributed by atoms with van der Waals surface area (Å²) in [7, 11) is 0. The van der Waals surface area contributed by atoms with Gasteiger partial charge in [-0.2, -0.15) is 0 Å². The first kappa shape index (κ1) is 11.6. The molecule has 0 saturated carbocycles. The number of rotatable bonds is 1. The van der Waals surface area contributed by atoms with Gasteiger partial charge in [0.1, 0.15) is 12.0 Å². The number of pyridine rings is 2. The maximum Gasteiger partial charge on any atom is 0.363 e. The fourth-order valence-corrected chi connectivity index (χ4v) is 0.838. The minimum atomic E-state index is -0.528. The summed E-state index contributed by atoms with van der Waals surface area (Å²) in [5.74, 6) is 0.458. The summed E-state index contributed by atoms with van der Waals surface area (Å²) >= 11 is 0. The number of nitrogens with zero attached hydrogens (tertiary/aromatic N) is 3. The zero-order chi connectivity index (χ0) is 11.8. The van der Waals surface area contributed by atoms with Crippen LogP contribution in [-0.2, 0) is 0 Å². The molecule has 0 fully saturated rings. The summed E-state index contributed by atoms with van der Waals surface area (Å²) in [6.07, 6.45) is 3.05. The maximum atomic E-state index is 9.94. The van der Waals surface area contributed by atoms with E-state index >= 15 is 0 Å². The van der Waals surface area contributed by atoms with E-state index in [-0.39, 0.29) is 5.82 Å². The molecule has 0 aromatic carbocycles. The van der Waals surface area contributed by atoms with Gasteiger partial charge in [-0.15, -0.1) is 0 Å². The van der Waals surface area contributed by atoms with Crippen LogP contribution in [-0.4, -0.2) is 14.9 Å². The summed E-state index contributed by atoms with van der Waals surface area (Å²) in [6.45, 7) is 0. The lowest BCUT2D eigenvalue weighted by Crippen LogP contribution is -1.88.